The molecule has 1 heterocycles. The standard InChI is InChI=1S/C14H19N3O3/c1-8(2)20-12-5-10(15)4-11(6-12)17-7-13(18)16-14(19)9(17)3/h4-6,8-9H,7,15H2,1-3H3,(H,16,18,19). The lowest BCUT2D eigenvalue weighted by Gasteiger charge is -2.33. The first-order valence-corrected chi connectivity index (χ1v) is 6.54. The zero-order chi connectivity index (χ0) is 14.9. The largest absolute Gasteiger partial charge is 0.491 e. The minimum absolute atomic E-state index is 0.0216. The summed E-state index contributed by atoms with van der Waals surface area (Å²) < 4.78 is 5.62. The maximum atomic E-state index is 11.7. The second-order valence-electron chi connectivity index (χ2n) is 5.14. The number of hydrogen-bond acceptors (Lipinski definition) is 5. The molecule has 6 nitrogen and oxygen atoms in total. The van der Waals surface area contributed by atoms with E-state index in [2.05, 4.69) is 5.32 Å². The molecule has 1 aromatic rings. The average Bonchev–Trinajstić information content (AvgIpc) is 2.32. The molecule has 1 aliphatic heterocycles. The summed E-state index contributed by atoms with van der Waals surface area (Å²) in [4.78, 5) is 24.9. The SMILES string of the molecule is CC(C)Oc1cc(N)cc(N2CC(=O)NC(=O)C2C)c1. The first kappa shape index (κ1) is 14.2. The zero-order valence-corrected chi connectivity index (χ0v) is 11.8. The minimum atomic E-state index is -0.429. The number of nitrogens with one attached hydrogen (secondary N) is 1. The lowest BCUT2D eigenvalue weighted by Crippen LogP contribution is -2.57. The first-order valence-electron chi connectivity index (χ1n) is 6.54. The van der Waals surface area contributed by atoms with Crippen molar-refractivity contribution in [3.63, 3.8) is 0 Å². The Kier molecular flexibility index (Phi) is 3.83. The van der Waals surface area contributed by atoms with E-state index in [4.69, 9.17) is 10.5 Å². The average molecular weight is 277 g/mol. The predicted octanol–water partition coefficient (Wildman–Crippen LogP) is 0.907. The lowest BCUT2D eigenvalue weighted by molar-refractivity contribution is -0.132. The molecule has 1 saturated heterocycles. The van der Waals surface area contributed by atoms with Crippen LogP contribution < -0.4 is 20.7 Å². The summed E-state index contributed by atoms with van der Waals surface area (Å²) in [6.07, 6.45) is 0.0216. The summed E-state index contributed by atoms with van der Waals surface area (Å²) in [5.41, 5.74) is 7.10. The topological polar surface area (TPSA) is 84.7 Å². The van der Waals surface area contributed by atoms with Crippen molar-refractivity contribution >= 4 is 23.2 Å². The Bertz CT molecular complexity index is 542. The Hall–Kier alpha value is -2.24. The number of benzene rings is 1. The Labute approximate surface area is 117 Å². The number of carbonyl (C=O) groups is 2. The van der Waals surface area contributed by atoms with Crippen molar-refractivity contribution in [2.45, 2.75) is 32.9 Å². The molecule has 1 aliphatic rings. The molecule has 0 radical (unpaired) electrons. The maximum Gasteiger partial charge on any atom is 0.249 e. The van der Waals surface area contributed by atoms with Crippen LogP contribution in [0, 0.1) is 0 Å². The normalized spacial score (nSPS) is 19.2. The van der Waals surface area contributed by atoms with Gasteiger partial charge >= 0.3 is 0 Å². The van der Waals surface area contributed by atoms with Gasteiger partial charge in [-0.2, -0.15) is 0 Å². The number of nitrogen functional groups attached to an aromatic ring is 1. The van der Waals surface area contributed by atoms with Gasteiger partial charge in [0.15, 0.2) is 0 Å². The third-order valence-corrected chi connectivity index (χ3v) is 3.04. The summed E-state index contributed by atoms with van der Waals surface area (Å²) in [5.74, 6) is -0.00233. The van der Waals surface area contributed by atoms with Crippen molar-refractivity contribution in [2.24, 2.45) is 0 Å². The highest BCUT2D eigenvalue weighted by Gasteiger charge is 2.30. The lowest BCUT2D eigenvalue weighted by atomic mass is 10.1. The highest BCUT2D eigenvalue weighted by molar-refractivity contribution is 6.04. The van der Waals surface area contributed by atoms with Gasteiger partial charge in [-0.15, -0.1) is 0 Å². The summed E-state index contributed by atoms with van der Waals surface area (Å²) in [7, 11) is 0. The van der Waals surface area contributed by atoms with Gasteiger partial charge in [0.2, 0.25) is 11.8 Å². The van der Waals surface area contributed by atoms with Crippen molar-refractivity contribution in [3.05, 3.63) is 18.2 Å². The third-order valence-electron chi connectivity index (χ3n) is 3.04. The zero-order valence-electron chi connectivity index (χ0n) is 11.8. The van der Waals surface area contributed by atoms with Crippen LogP contribution in [0.2, 0.25) is 0 Å². The Morgan fingerprint density at radius 2 is 2.05 bits per heavy atom. The van der Waals surface area contributed by atoms with Gasteiger partial charge in [0.1, 0.15) is 11.8 Å². The van der Waals surface area contributed by atoms with Crippen LogP contribution in [-0.4, -0.2) is 30.5 Å². The van der Waals surface area contributed by atoms with E-state index in [1.165, 1.54) is 0 Å². The number of nitrogens with two attached hydrogens (primary N) is 1. The van der Waals surface area contributed by atoms with Crippen LogP contribution >= 0.6 is 0 Å². The van der Waals surface area contributed by atoms with E-state index >= 15 is 0 Å². The summed E-state index contributed by atoms with van der Waals surface area (Å²) in [6, 6.07) is 4.82. The van der Waals surface area contributed by atoms with Crippen LogP contribution in [0.5, 0.6) is 5.75 Å². The number of imide groups is 1. The second-order valence-corrected chi connectivity index (χ2v) is 5.14. The number of ether oxygens (including phenoxy) is 1. The fraction of sp³-hybridized carbons (Fsp3) is 0.429. The van der Waals surface area contributed by atoms with Gasteiger partial charge < -0.3 is 15.4 Å². The first-order chi connectivity index (χ1) is 9.36. The molecule has 2 amide bonds. The van der Waals surface area contributed by atoms with Crippen LogP contribution in [0.4, 0.5) is 11.4 Å². The third kappa shape index (κ3) is 3.01. The van der Waals surface area contributed by atoms with Crippen LogP contribution in [0.1, 0.15) is 20.8 Å². The number of amides is 2. The fourth-order valence-corrected chi connectivity index (χ4v) is 2.14. The van der Waals surface area contributed by atoms with E-state index in [0.29, 0.717) is 17.1 Å². The highest BCUT2D eigenvalue weighted by Crippen LogP contribution is 2.28. The smallest absolute Gasteiger partial charge is 0.249 e. The Morgan fingerprint density at radius 3 is 2.70 bits per heavy atom. The molecule has 2 rings (SSSR count). The van der Waals surface area contributed by atoms with E-state index < -0.39 is 6.04 Å². The van der Waals surface area contributed by atoms with Crippen LogP contribution in [0.25, 0.3) is 0 Å². The molecule has 1 aromatic carbocycles. The van der Waals surface area contributed by atoms with Crippen molar-refractivity contribution in [3.8, 4) is 5.75 Å². The van der Waals surface area contributed by atoms with Crippen LogP contribution in [0.15, 0.2) is 18.2 Å². The highest BCUT2D eigenvalue weighted by atomic mass is 16.5. The van der Waals surface area contributed by atoms with Gasteiger partial charge in [0.25, 0.3) is 0 Å². The molecule has 108 valence electrons. The fourth-order valence-electron chi connectivity index (χ4n) is 2.14. The molecular weight excluding hydrogens is 258 g/mol. The molecule has 0 aliphatic carbocycles. The molecule has 20 heavy (non-hydrogen) atoms. The molecule has 1 atom stereocenters. The van der Waals surface area contributed by atoms with Crippen molar-refractivity contribution < 1.29 is 14.3 Å². The molecular formula is C14H19N3O3. The quantitative estimate of drug-likeness (QED) is 0.633. The van der Waals surface area contributed by atoms with Gasteiger partial charge in [0, 0.05) is 23.5 Å². The number of nitrogens with zero attached hydrogens (tertiary/aromatic N) is 1. The van der Waals surface area contributed by atoms with E-state index in [1.54, 1.807) is 30.0 Å². The van der Waals surface area contributed by atoms with E-state index in [-0.39, 0.29) is 24.5 Å². The number of carbonyl (C=O) groups excluding carboxylic acids is 2. The summed E-state index contributed by atoms with van der Waals surface area (Å²) in [5, 5.41) is 2.31. The molecule has 3 N–H and O–H groups in total. The Morgan fingerprint density at radius 1 is 1.35 bits per heavy atom. The number of hydrogen-bond donors (Lipinski definition) is 2. The van der Waals surface area contributed by atoms with E-state index in [9.17, 15) is 9.59 Å². The van der Waals surface area contributed by atoms with Gasteiger partial charge in [-0.3, -0.25) is 14.9 Å². The second kappa shape index (κ2) is 5.40. The molecule has 6 heteroatoms. The molecule has 0 saturated carbocycles. The van der Waals surface area contributed by atoms with Crippen LogP contribution in [-0.2, 0) is 9.59 Å². The predicted molar refractivity (Wildman–Crippen MR) is 76.6 cm³/mol. The number of piperazine rings is 1. The summed E-state index contributed by atoms with van der Waals surface area (Å²) >= 11 is 0. The monoisotopic (exact) mass is 277 g/mol. The molecule has 1 fully saturated rings. The maximum absolute atomic E-state index is 11.7. The Balaban J connectivity index is 2.33. The van der Waals surface area contributed by atoms with Gasteiger partial charge in [-0.1, -0.05) is 0 Å². The van der Waals surface area contributed by atoms with Gasteiger partial charge in [-0.25, -0.2) is 0 Å². The van der Waals surface area contributed by atoms with Gasteiger partial charge in [-0.05, 0) is 26.8 Å². The van der Waals surface area contributed by atoms with Crippen molar-refractivity contribution in [1.29, 1.82) is 0 Å². The van der Waals surface area contributed by atoms with Crippen LogP contribution in [0.3, 0.4) is 0 Å². The molecule has 1 unspecified atom stereocenters. The molecule has 0 spiro atoms. The summed E-state index contributed by atoms with van der Waals surface area (Å²) in [6.45, 7) is 5.71. The van der Waals surface area contributed by atoms with E-state index in [0.717, 1.165) is 0 Å². The number of anilines is 2. The molecule has 0 bridgehead atoms. The van der Waals surface area contributed by atoms with Crippen molar-refractivity contribution in [1.82, 2.24) is 5.32 Å². The minimum Gasteiger partial charge on any atom is -0.491 e. The van der Waals surface area contributed by atoms with Crippen molar-refractivity contribution in [2.75, 3.05) is 17.2 Å². The van der Waals surface area contributed by atoms with Gasteiger partial charge in [0.05, 0.1) is 12.6 Å². The molecule has 0 aromatic heterocycles. The number of rotatable bonds is 3. The van der Waals surface area contributed by atoms with E-state index in [1.807, 2.05) is 13.8 Å².